The van der Waals surface area contributed by atoms with E-state index < -0.39 is 89.5 Å². The smallest absolute Gasteiger partial charge is 0.311 e. The van der Waals surface area contributed by atoms with E-state index in [-0.39, 0.29) is 42.8 Å². The number of cyclic esters (lactones) is 1. The van der Waals surface area contributed by atoms with Crippen molar-refractivity contribution in [3.63, 3.8) is 0 Å². The second-order valence-corrected chi connectivity index (χ2v) is 17.0. The SMILES string of the molecule is CC[C@H]1OC(=O)[C@H](C)[C@@H](O[C@H]2C[C@@](C)(OC)[C@@H](C)[C@H](C)O2)[C@H](C)[C@@H](O[C@@H]2O[C@H](C)C[C@H](N(C)C)[C@H]2O)[C@@](C)(OC)C[C@H](C)C(=O)[C@H](C)[C@@H](O)[C@]1(C)O. The number of hydrogen-bond acceptors (Lipinski definition) is 13. The van der Waals surface area contributed by atoms with Crippen LogP contribution in [0.3, 0.4) is 0 Å². The number of hydrogen-bond donors (Lipinski definition) is 3. The summed E-state index contributed by atoms with van der Waals surface area (Å²) in [5.41, 5.74) is -3.73. The molecule has 3 aliphatic heterocycles. The summed E-state index contributed by atoms with van der Waals surface area (Å²) in [6.07, 6.45) is -6.57. The fourth-order valence-electron chi connectivity index (χ4n) is 8.76. The molecule has 0 saturated carbocycles. The van der Waals surface area contributed by atoms with E-state index in [2.05, 4.69) is 6.92 Å². The van der Waals surface area contributed by atoms with E-state index >= 15 is 0 Å². The minimum atomic E-state index is -1.94. The third kappa shape index (κ3) is 9.39. The van der Waals surface area contributed by atoms with Crippen molar-refractivity contribution in [1.82, 2.24) is 4.90 Å². The molecule has 0 aliphatic carbocycles. The van der Waals surface area contributed by atoms with Gasteiger partial charge in [0.05, 0.1) is 47.6 Å². The van der Waals surface area contributed by atoms with Gasteiger partial charge in [-0.1, -0.05) is 34.6 Å². The molecule has 3 rings (SSSR count). The van der Waals surface area contributed by atoms with Crippen molar-refractivity contribution >= 4 is 11.8 Å². The van der Waals surface area contributed by atoms with E-state index in [9.17, 15) is 24.9 Å². The molecule has 13 nitrogen and oxygen atoms in total. The van der Waals surface area contributed by atoms with Crippen LogP contribution >= 0.6 is 0 Å². The Kier molecular flexibility index (Phi) is 15.3. The van der Waals surface area contributed by atoms with Crippen molar-refractivity contribution in [3.8, 4) is 0 Å². The summed E-state index contributed by atoms with van der Waals surface area (Å²) in [5.74, 6) is -4.18. The second-order valence-electron chi connectivity index (χ2n) is 17.0. The maximum atomic E-state index is 14.2. The van der Waals surface area contributed by atoms with E-state index in [1.165, 1.54) is 14.0 Å². The van der Waals surface area contributed by atoms with Crippen LogP contribution in [0.2, 0.25) is 0 Å². The number of carbonyl (C=O) groups excluding carboxylic acids is 2. The van der Waals surface area contributed by atoms with Gasteiger partial charge in [0, 0.05) is 50.4 Å². The molecule has 0 radical (unpaired) electrons. The van der Waals surface area contributed by atoms with Crippen molar-refractivity contribution in [1.29, 1.82) is 0 Å². The highest BCUT2D eigenvalue weighted by Gasteiger charge is 2.53. The number of ketones is 1. The van der Waals surface area contributed by atoms with Gasteiger partial charge in [0.15, 0.2) is 12.6 Å². The highest BCUT2D eigenvalue weighted by molar-refractivity contribution is 5.83. The highest BCUT2D eigenvalue weighted by Crippen LogP contribution is 2.42. The van der Waals surface area contributed by atoms with Gasteiger partial charge in [-0.2, -0.15) is 0 Å². The molecule has 304 valence electrons. The Morgan fingerprint density at radius 2 is 1.46 bits per heavy atom. The molecule has 52 heavy (non-hydrogen) atoms. The number of methoxy groups -OCH3 is 2. The number of ether oxygens (including phenoxy) is 7. The summed E-state index contributed by atoms with van der Waals surface area (Å²) in [4.78, 5) is 30.2. The molecule has 0 aromatic rings. The van der Waals surface area contributed by atoms with Crippen LogP contribution in [0.25, 0.3) is 0 Å². The first-order valence-electron chi connectivity index (χ1n) is 19.2. The molecule has 3 N–H and O–H groups in total. The third-order valence-electron chi connectivity index (χ3n) is 12.9. The van der Waals surface area contributed by atoms with E-state index in [4.69, 9.17) is 33.2 Å². The first-order valence-corrected chi connectivity index (χ1v) is 19.2. The second kappa shape index (κ2) is 17.7. The van der Waals surface area contributed by atoms with E-state index in [1.807, 2.05) is 53.6 Å². The van der Waals surface area contributed by atoms with Crippen LogP contribution in [0.4, 0.5) is 0 Å². The fraction of sp³-hybridized carbons (Fsp3) is 0.949. The van der Waals surface area contributed by atoms with E-state index in [1.54, 1.807) is 34.8 Å². The van der Waals surface area contributed by atoms with Crippen molar-refractivity contribution in [3.05, 3.63) is 0 Å². The van der Waals surface area contributed by atoms with Crippen LogP contribution in [0.5, 0.6) is 0 Å². The minimum Gasteiger partial charge on any atom is -0.459 e. The first kappa shape index (κ1) is 45.1. The lowest BCUT2D eigenvalue weighted by atomic mass is 9.73. The molecule has 3 aliphatic rings. The Balaban J connectivity index is 2.22. The van der Waals surface area contributed by atoms with Crippen molar-refractivity contribution in [2.24, 2.45) is 29.6 Å². The van der Waals surface area contributed by atoms with Gasteiger partial charge in [0.25, 0.3) is 0 Å². The summed E-state index contributed by atoms with van der Waals surface area (Å²) in [7, 11) is 6.99. The first-order chi connectivity index (χ1) is 24.0. The van der Waals surface area contributed by atoms with E-state index in [0.29, 0.717) is 12.8 Å². The molecule has 0 spiro atoms. The lowest BCUT2D eigenvalue weighted by Gasteiger charge is -2.50. The Bertz CT molecular complexity index is 1190. The Labute approximate surface area is 312 Å². The lowest BCUT2D eigenvalue weighted by molar-refractivity contribution is -0.315. The van der Waals surface area contributed by atoms with Crippen LogP contribution in [0, 0.1) is 29.6 Å². The van der Waals surface area contributed by atoms with Gasteiger partial charge >= 0.3 is 5.97 Å². The summed E-state index contributed by atoms with van der Waals surface area (Å²) in [6.45, 7) is 19.9. The van der Waals surface area contributed by atoms with E-state index in [0.717, 1.165) is 0 Å². The molecule has 0 amide bonds. The fourth-order valence-corrected chi connectivity index (χ4v) is 8.76. The molecule has 13 heteroatoms. The summed E-state index contributed by atoms with van der Waals surface area (Å²) in [6, 6.07) is -0.259. The maximum Gasteiger partial charge on any atom is 0.311 e. The molecule has 3 saturated heterocycles. The van der Waals surface area contributed by atoms with Crippen LogP contribution in [-0.4, -0.2) is 138 Å². The van der Waals surface area contributed by atoms with Gasteiger partial charge in [-0.05, 0) is 74.9 Å². The highest BCUT2D eigenvalue weighted by atomic mass is 16.7. The summed E-state index contributed by atoms with van der Waals surface area (Å²) >= 11 is 0. The number of nitrogens with zero attached hydrogens (tertiary/aromatic N) is 1. The standard InChI is InChI=1S/C39H71NO12/c1-16-28-39(11,45)33(43)22(4)30(41)20(2)18-38(10,47-15)34(52-36-31(42)27(40(12)13)17-21(3)48-36)23(5)32(24(6)35(44)50-28)51-29-19-37(9,46-14)25(7)26(8)49-29/h20-29,31-34,36,42-43,45H,16-19H2,1-15H3/t20-,21+,22-,23-,24+,25-,26-,27-,28+,29-,31+,32-,33+,34+,36-,37+,38-,39+/m0/s1. The predicted molar refractivity (Wildman–Crippen MR) is 194 cm³/mol. The predicted octanol–water partition coefficient (Wildman–Crippen LogP) is 3.71. The topological polar surface area (TPSA) is 163 Å². The Morgan fingerprint density at radius 3 is 2.00 bits per heavy atom. The number of Topliss-reactive ketones (excluding diaryl/α,β-unsaturated/α-hetero) is 1. The normalized spacial score (nSPS) is 49.0. The van der Waals surface area contributed by atoms with Gasteiger partial charge in [-0.15, -0.1) is 0 Å². The van der Waals surface area contributed by atoms with Gasteiger partial charge in [-0.25, -0.2) is 0 Å². The number of aliphatic hydroxyl groups excluding tert-OH is 2. The van der Waals surface area contributed by atoms with Crippen LogP contribution in [0.15, 0.2) is 0 Å². The molecule has 18 atom stereocenters. The molecule has 0 bridgehead atoms. The van der Waals surface area contributed by atoms with Crippen LogP contribution in [-0.2, 0) is 42.7 Å². The van der Waals surface area contributed by atoms with Crippen LogP contribution in [0.1, 0.15) is 102 Å². The molecule has 0 unspecified atom stereocenters. The zero-order valence-electron chi connectivity index (χ0n) is 34.5. The average Bonchev–Trinajstić information content (AvgIpc) is 3.09. The molecule has 3 fully saturated rings. The molecule has 0 aromatic carbocycles. The van der Waals surface area contributed by atoms with Crippen molar-refractivity contribution < 1.29 is 58.1 Å². The quantitative estimate of drug-likeness (QED) is 0.309. The summed E-state index contributed by atoms with van der Waals surface area (Å²) < 4.78 is 44.6. The zero-order chi connectivity index (χ0) is 39.7. The largest absolute Gasteiger partial charge is 0.459 e. The zero-order valence-corrected chi connectivity index (χ0v) is 34.5. The Hall–Kier alpha value is -1.26. The van der Waals surface area contributed by atoms with Crippen molar-refractivity contribution in [2.75, 3.05) is 28.3 Å². The summed E-state index contributed by atoms with van der Waals surface area (Å²) in [5, 5.41) is 34.7. The number of aliphatic hydroxyl groups is 3. The molecule has 3 heterocycles. The van der Waals surface area contributed by atoms with Gasteiger partial charge in [-0.3, -0.25) is 9.59 Å². The monoisotopic (exact) mass is 745 g/mol. The van der Waals surface area contributed by atoms with Gasteiger partial charge in [0.1, 0.15) is 23.6 Å². The lowest BCUT2D eigenvalue weighted by Crippen LogP contribution is -2.61. The number of likely N-dealkylation sites (N-methyl/N-ethyl adjacent to an activating group) is 1. The third-order valence-corrected chi connectivity index (χ3v) is 12.9. The number of rotatable bonds is 8. The number of carbonyl (C=O) groups is 2. The molecule has 0 aromatic heterocycles. The van der Waals surface area contributed by atoms with Crippen molar-refractivity contribution in [2.45, 2.75) is 180 Å². The Morgan fingerprint density at radius 1 is 0.865 bits per heavy atom. The van der Waals surface area contributed by atoms with Gasteiger partial charge < -0.3 is 53.4 Å². The molecular weight excluding hydrogens is 674 g/mol. The maximum absolute atomic E-state index is 14.2. The molecular formula is C39H71NO12. The average molecular weight is 746 g/mol. The minimum absolute atomic E-state index is 0.0472. The number of esters is 1. The van der Waals surface area contributed by atoms with Gasteiger partial charge in [0.2, 0.25) is 0 Å². The van der Waals surface area contributed by atoms with Crippen LogP contribution < -0.4 is 0 Å².